The Labute approximate surface area is 177 Å². The lowest BCUT2D eigenvalue weighted by atomic mass is 9.85. The van der Waals surface area contributed by atoms with Crippen LogP contribution in [0, 0.1) is 12.8 Å². The topological polar surface area (TPSA) is 114 Å². The highest BCUT2D eigenvalue weighted by atomic mass is 19.4. The molecule has 0 unspecified atom stereocenters. The maximum atomic E-state index is 12.5. The van der Waals surface area contributed by atoms with E-state index >= 15 is 0 Å². The van der Waals surface area contributed by atoms with Crippen LogP contribution < -0.4 is 5.32 Å². The van der Waals surface area contributed by atoms with Crippen molar-refractivity contribution in [2.45, 2.75) is 45.0 Å². The SMILES string of the molecule is CCOCCN1C[C@@H]2CCCO[C@@H]2[C@H](NC(=O)c2cnoc2C)C1.O=C(O)C(F)(F)F. The third-order valence-corrected chi connectivity index (χ3v) is 5.15. The number of aryl methyl sites for hydroxylation is 1. The Kier molecular flexibility index (Phi) is 9.26. The maximum absolute atomic E-state index is 12.5. The van der Waals surface area contributed by atoms with Crippen LogP contribution in [0.25, 0.3) is 0 Å². The Balaban J connectivity index is 0.000000423. The molecule has 2 aliphatic heterocycles. The average Bonchev–Trinajstić information content (AvgIpc) is 3.14. The summed E-state index contributed by atoms with van der Waals surface area (Å²) in [7, 11) is 0. The average molecular weight is 451 g/mol. The molecule has 0 aliphatic carbocycles. The van der Waals surface area contributed by atoms with Gasteiger partial charge in [0.15, 0.2) is 0 Å². The van der Waals surface area contributed by atoms with Crippen molar-refractivity contribution in [3.05, 3.63) is 17.5 Å². The first kappa shape index (κ1) is 25.1. The minimum Gasteiger partial charge on any atom is -0.475 e. The number of carbonyl (C=O) groups is 2. The lowest BCUT2D eigenvalue weighted by molar-refractivity contribution is -0.192. The number of nitrogens with one attached hydrogen (secondary N) is 1. The predicted molar refractivity (Wildman–Crippen MR) is 102 cm³/mol. The number of likely N-dealkylation sites (tertiary alicyclic amines) is 1. The molecule has 2 N–H and O–H groups in total. The zero-order valence-corrected chi connectivity index (χ0v) is 17.5. The van der Waals surface area contributed by atoms with Gasteiger partial charge in [-0.2, -0.15) is 13.2 Å². The van der Waals surface area contributed by atoms with Crippen molar-refractivity contribution >= 4 is 11.9 Å². The van der Waals surface area contributed by atoms with Crippen LogP contribution in [0.3, 0.4) is 0 Å². The smallest absolute Gasteiger partial charge is 0.475 e. The van der Waals surface area contributed by atoms with Crippen LogP contribution in [0.2, 0.25) is 0 Å². The third kappa shape index (κ3) is 7.47. The second-order valence-corrected chi connectivity index (χ2v) is 7.37. The normalized spacial score (nSPS) is 24.0. The number of halogens is 3. The van der Waals surface area contributed by atoms with E-state index in [1.165, 1.54) is 6.20 Å². The number of aromatic nitrogens is 1. The van der Waals surface area contributed by atoms with E-state index in [0.29, 0.717) is 17.2 Å². The standard InChI is InChI=1S/C17H27N3O4.C2HF3O2/c1-3-22-8-6-20-10-13-5-4-7-23-16(13)15(11-20)19-17(21)14-9-18-24-12(14)2;3-2(4,5)1(6)7/h9,13,15-16H,3-8,10-11H2,1-2H3,(H,19,21);(H,6,7)/t13-,15+,16-;/m0./s1. The van der Waals surface area contributed by atoms with Crippen molar-refractivity contribution in [1.82, 2.24) is 15.4 Å². The van der Waals surface area contributed by atoms with Crippen molar-refractivity contribution in [2.75, 3.05) is 39.5 Å². The highest BCUT2D eigenvalue weighted by molar-refractivity contribution is 5.95. The number of hydrogen-bond donors (Lipinski definition) is 2. The van der Waals surface area contributed by atoms with E-state index < -0.39 is 12.1 Å². The van der Waals surface area contributed by atoms with Crippen LogP contribution >= 0.6 is 0 Å². The van der Waals surface area contributed by atoms with E-state index in [0.717, 1.165) is 52.3 Å². The number of amides is 1. The van der Waals surface area contributed by atoms with Crippen LogP contribution in [0.4, 0.5) is 13.2 Å². The molecular formula is C19H28F3N3O6. The van der Waals surface area contributed by atoms with E-state index in [9.17, 15) is 18.0 Å². The second kappa shape index (κ2) is 11.4. The Morgan fingerprint density at radius 3 is 2.68 bits per heavy atom. The predicted octanol–water partition coefficient (Wildman–Crippen LogP) is 1.86. The van der Waals surface area contributed by atoms with Gasteiger partial charge in [-0.05, 0) is 32.6 Å². The third-order valence-electron chi connectivity index (χ3n) is 5.15. The molecule has 0 saturated carbocycles. The van der Waals surface area contributed by atoms with Gasteiger partial charge >= 0.3 is 12.1 Å². The monoisotopic (exact) mass is 451 g/mol. The molecule has 31 heavy (non-hydrogen) atoms. The Bertz CT molecular complexity index is 727. The molecule has 2 aliphatic rings. The minimum atomic E-state index is -5.08. The molecule has 0 aromatic carbocycles. The Morgan fingerprint density at radius 1 is 1.39 bits per heavy atom. The van der Waals surface area contributed by atoms with Gasteiger partial charge in [-0.3, -0.25) is 9.69 Å². The van der Waals surface area contributed by atoms with Crippen molar-refractivity contribution in [3.63, 3.8) is 0 Å². The quantitative estimate of drug-likeness (QED) is 0.630. The summed E-state index contributed by atoms with van der Waals surface area (Å²) < 4.78 is 48.2. The zero-order chi connectivity index (χ0) is 23.0. The van der Waals surface area contributed by atoms with Crippen molar-refractivity contribution in [2.24, 2.45) is 5.92 Å². The molecular weight excluding hydrogens is 423 g/mol. The summed E-state index contributed by atoms with van der Waals surface area (Å²) in [5.41, 5.74) is 0.494. The first-order chi connectivity index (χ1) is 14.6. The highest BCUT2D eigenvalue weighted by Gasteiger charge is 2.40. The second-order valence-electron chi connectivity index (χ2n) is 7.37. The van der Waals surface area contributed by atoms with Gasteiger partial charge < -0.3 is 24.4 Å². The van der Waals surface area contributed by atoms with Gasteiger partial charge in [-0.1, -0.05) is 5.16 Å². The number of rotatable bonds is 6. The van der Waals surface area contributed by atoms with Crippen LogP contribution in [0.5, 0.6) is 0 Å². The molecule has 1 aromatic heterocycles. The van der Waals surface area contributed by atoms with E-state index in [1.807, 2.05) is 6.92 Å². The zero-order valence-electron chi connectivity index (χ0n) is 17.5. The summed E-state index contributed by atoms with van der Waals surface area (Å²) in [6.45, 7) is 8.66. The van der Waals surface area contributed by atoms with Gasteiger partial charge in [0.1, 0.15) is 11.3 Å². The van der Waals surface area contributed by atoms with E-state index in [1.54, 1.807) is 6.92 Å². The fourth-order valence-corrected chi connectivity index (χ4v) is 3.70. The summed E-state index contributed by atoms with van der Waals surface area (Å²) in [5, 5.41) is 13.9. The van der Waals surface area contributed by atoms with Gasteiger partial charge in [0.05, 0.1) is 24.9 Å². The summed E-state index contributed by atoms with van der Waals surface area (Å²) in [4.78, 5) is 23.8. The molecule has 3 rings (SSSR count). The van der Waals surface area contributed by atoms with Gasteiger partial charge in [0, 0.05) is 32.8 Å². The number of nitrogens with zero attached hydrogens (tertiary/aromatic N) is 2. The maximum Gasteiger partial charge on any atom is 0.490 e. The molecule has 1 amide bonds. The number of fused-ring (bicyclic) bond motifs is 1. The molecule has 0 spiro atoms. The molecule has 2 fully saturated rings. The first-order valence-electron chi connectivity index (χ1n) is 10.1. The molecule has 12 heteroatoms. The summed E-state index contributed by atoms with van der Waals surface area (Å²) in [6.07, 6.45) is -1.29. The van der Waals surface area contributed by atoms with Crippen molar-refractivity contribution in [3.8, 4) is 0 Å². The van der Waals surface area contributed by atoms with E-state index in [4.69, 9.17) is 23.9 Å². The van der Waals surface area contributed by atoms with Gasteiger partial charge in [0.2, 0.25) is 0 Å². The lowest BCUT2D eigenvalue weighted by Gasteiger charge is -2.46. The number of carboxylic acid groups (broad SMARTS) is 1. The number of hydrogen-bond acceptors (Lipinski definition) is 7. The van der Waals surface area contributed by atoms with Crippen LogP contribution in [0.1, 0.15) is 35.9 Å². The van der Waals surface area contributed by atoms with Crippen molar-refractivity contribution in [1.29, 1.82) is 0 Å². The summed E-state index contributed by atoms with van der Waals surface area (Å²) in [5.74, 6) is -1.90. The number of carbonyl (C=O) groups excluding carboxylic acids is 1. The molecule has 3 atom stereocenters. The largest absolute Gasteiger partial charge is 0.490 e. The van der Waals surface area contributed by atoms with E-state index in [-0.39, 0.29) is 18.1 Å². The molecule has 0 radical (unpaired) electrons. The van der Waals surface area contributed by atoms with Crippen LogP contribution in [-0.4, -0.2) is 84.8 Å². The Morgan fingerprint density at radius 2 is 2.10 bits per heavy atom. The highest BCUT2D eigenvalue weighted by Crippen LogP contribution is 2.29. The fraction of sp³-hybridized carbons (Fsp3) is 0.737. The molecule has 1 aromatic rings. The van der Waals surface area contributed by atoms with Crippen LogP contribution in [-0.2, 0) is 14.3 Å². The van der Waals surface area contributed by atoms with Crippen LogP contribution in [0.15, 0.2) is 10.7 Å². The first-order valence-corrected chi connectivity index (χ1v) is 10.1. The summed E-state index contributed by atoms with van der Waals surface area (Å²) in [6, 6.07) is -0.0209. The number of piperidine rings is 1. The van der Waals surface area contributed by atoms with Crippen molar-refractivity contribution < 1.29 is 41.9 Å². The number of ether oxygens (including phenoxy) is 2. The molecule has 176 valence electrons. The number of carboxylic acids is 1. The Hall–Kier alpha value is -2.18. The van der Waals surface area contributed by atoms with Gasteiger partial charge in [0.25, 0.3) is 5.91 Å². The molecule has 2 saturated heterocycles. The summed E-state index contributed by atoms with van der Waals surface area (Å²) >= 11 is 0. The van der Waals surface area contributed by atoms with E-state index in [2.05, 4.69) is 15.4 Å². The lowest BCUT2D eigenvalue weighted by Crippen LogP contribution is -2.61. The number of alkyl halides is 3. The minimum absolute atomic E-state index is 0.0209. The number of aliphatic carboxylic acids is 1. The molecule has 3 heterocycles. The molecule has 9 nitrogen and oxygen atoms in total. The van der Waals surface area contributed by atoms with Gasteiger partial charge in [-0.15, -0.1) is 0 Å². The van der Waals surface area contributed by atoms with Gasteiger partial charge in [-0.25, -0.2) is 4.79 Å². The molecule has 0 bridgehead atoms. The fourth-order valence-electron chi connectivity index (χ4n) is 3.70.